The molecule has 0 aromatic heterocycles. The summed E-state index contributed by atoms with van der Waals surface area (Å²) in [5.41, 5.74) is 0.826. The molecule has 1 aliphatic rings. The van der Waals surface area contributed by atoms with Gasteiger partial charge in [0.05, 0.1) is 57.5 Å². The van der Waals surface area contributed by atoms with Crippen LogP contribution < -0.4 is 20.1 Å². The molecule has 2 rings (SSSR count). The van der Waals surface area contributed by atoms with E-state index in [4.69, 9.17) is 18.9 Å². The van der Waals surface area contributed by atoms with Crippen molar-refractivity contribution in [3.05, 3.63) is 29.8 Å². The van der Waals surface area contributed by atoms with Gasteiger partial charge in [-0.2, -0.15) is 0 Å². The first-order valence-corrected chi connectivity index (χ1v) is 15.1. The fourth-order valence-electron chi connectivity index (χ4n) is 5.01. The first-order valence-electron chi connectivity index (χ1n) is 15.1. The standard InChI is InChI=1S/C30H48N4O12.Gd/c1-43-12-13-44-14-15-45-16-17-46-26-4-2-24(3-5-26)18-25-19-33(22-29(39)40)9-8-31(20-27(35)36)6-7-32(21-28(37)38)10-11-34(25)23-30(41)42;/h2-5,25H,6-23H2,1H3,(H,35,36)(H,37,38)(H,39,40)(H,41,42);/q;+3/p-3/t25-;/m0./s1. The average molecular weight is 811 g/mol. The van der Waals surface area contributed by atoms with E-state index in [2.05, 4.69) is 0 Å². The summed E-state index contributed by atoms with van der Waals surface area (Å²) < 4.78 is 21.5. The Balaban J connectivity index is 0.0000110. The van der Waals surface area contributed by atoms with Crippen molar-refractivity contribution in [3.8, 4) is 5.75 Å². The van der Waals surface area contributed by atoms with E-state index in [1.54, 1.807) is 38.8 Å². The van der Waals surface area contributed by atoms with Gasteiger partial charge in [-0.1, -0.05) is 12.1 Å². The summed E-state index contributed by atoms with van der Waals surface area (Å²) in [5.74, 6) is -4.46. The predicted molar refractivity (Wildman–Crippen MR) is 156 cm³/mol. The number of hydrogen-bond acceptors (Lipinski definition) is 15. The van der Waals surface area contributed by atoms with E-state index in [9.17, 15) is 39.6 Å². The first-order chi connectivity index (χ1) is 22.0. The first kappa shape index (κ1) is 43.0. The molecule has 0 unspecified atom stereocenters. The monoisotopic (exact) mass is 811 g/mol. The maximum Gasteiger partial charge on any atom is 3.00 e. The van der Waals surface area contributed by atoms with E-state index >= 15 is 0 Å². The van der Waals surface area contributed by atoms with Crippen LogP contribution in [0.4, 0.5) is 0 Å². The van der Waals surface area contributed by atoms with Crippen LogP contribution in [0.3, 0.4) is 0 Å². The number of carbonyl (C=O) groups excluding carboxylic acids is 3. The van der Waals surface area contributed by atoms with Crippen LogP contribution in [0.5, 0.6) is 5.75 Å². The van der Waals surface area contributed by atoms with Gasteiger partial charge in [-0.25, -0.2) is 0 Å². The van der Waals surface area contributed by atoms with Gasteiger partial charge < -0.3 is 53.8 Å². The fraction of sp³-hybridized carbons (Fsp3) is 0.667. The molecule has 0 aliphatic carbocycles. The second-order valence-corrected chi connectivity index (χ2v) is 10.8. The third-order valence-electron chi connectivity index (χ3n) is 7.25. The summed E-state index contributed by atoms with van der Waals surface area (Å²) in [6.07, 6.45) is 0.324. The second-order valence-electron chi connectivity index (χ2n) is 10.8. The fourth-order valence-corrected chi connectivity index (χ4v) is 5.01. The smallest absolute Gasteiger partial charge is 0.549 e. The summed E-state index contributed by atoms with van der Waals surface area (Å²) in [4.78, 5) is 52.7. The summed E-state index contributed by atoms with van der Waals surface area (Å²) in [6, 6.07) is 6.67. The van der Waals surface area contributed by atoms with Crippen LogP contribution in [0.25, 0.3) is 0 Å². The zero-order valence-corrected chi connectivity index (χ0v) is 29.0. The Morgan fingerprint density at radius 3 is 1.74 bits per heavy atom. The van der Waals surface area contributed by atoms with Gasteiger partial charge >= 0.3 is 45.9 Å². The molecular weight excluding hydrogens is 766 g/mol. The maximum absolute atomic E-state index is 11.8. The third-order valence-corrected chi connectivity index (χ3v) is 7.25. The Bertz CT molecular complexity index is 1070. The van der Waals surface area contributed by atoms with E-state index in [0.29, 0.717) is 51.8 Å². The van der Waals surface area contributed by atoms with Gasteiger partial charge in [0.25, 0.3) is 0 Å². The van der Waals surface area contributed by atoms with Crippen molar-refractivity contribution in [2.24, 2.45) is 0 Å². The van der Waals surface area contributed by atoms with Crippen LogP contribution in [0.2, 0.25) is 0 Å². The van der Waals surface area contributed by atoms with E-state index in [0.717, 1.165) is 5.56 Å². The van der Waals surface area contributed by atoms with Crippen molar-refractivity contribution < 1.29 is 98.5 Å². The maximum atomic E-state index is 11.8. The Kier molecular flexibility index (Phi) is 22.8. The van der Waals surface area contributed by atoms with E-state index in [-0.39, 0.29) is 92.3 Å². The minimum absolute atomic E-state index is 0. The summed E-state index contributed by atoms with van der Waals surface area (Å²) in [6.45, 7) is 2.04. The largest absolute Gasteiger partial charge is 3.00 e. The van der Waals surface area contributed by atoms with E-state index < -0.39 is 49.6 Å². The molecule has 1 heterocycles. The number of nitrogens with zero attached hydrogens (tertiary/aromatic N) is 4. The molecule has 0 bridgehead atoms. The Morgan fingerprint density at radius 2 is 1.19 bits per heavy atom. The van der Waals surface area contributed by atoms with Crippen LogP contribution in [0.15, 0.2) is 24.3 Å². The molecule has 1 aliphatic heterocycles. The van der Waals surface area contributed by atoms with Crippen molar-refractivity contribution >= 4 is 23.9 Å². The van der Waals surface area contributed by atoms with Crippen molar-refractivity contribution in [2.75, 3.05) is 119 Å². The van der Waals surface area contributed by atoms with Crippen LogP contribution >= 0.6 is 0 Å². The van der Waals surface area contributed by atoms with E-state index in [1.807, 2.05) is 12.1 Å². The number of ether oxygens (including phenoxy) is 4. The zero-order chi connectivity index (χ0) is 33.7. The Hall–Kier alpha value is -2.06. The van der Waals surface area contributed by atoms with Gasteiger partial charge in [0, 0.05) is 78.6 Å². The van der Waals surface area contributed by atoms with Crippen LogP contribution in [0.1, 0.15) is 5.56 Å². The molecule has 1 fully saturated rings. The molecule has 0 spiro atoms. The van der Waals surface area contributed by atoms with Gasteiger partial charge in [-0.05, 0) is 24.1 Å². The number of carboxylic acids is 4. The molecule has 265 valence electrons. The number of hydrogen-bond donors (Lipinski definition) is 1. The SMILES string of the molecule is COCCOCCOCCOc1ccc(C[C@H]2CN(CC(=O)[O-])CCN(CC(=O)[O-])CCN(CC(=O)O)CCN2CC(=O)[O-])cc1.[Gd+3]. The molecule has 47 heavy (non-hydrogen) atoms. The Labute approximate surface area is 307 Å². The van der Waals surface area contributed by atoms with Gasteiger partial charge in [0.1, 0.15) is 12.4 Å². The van der Waals surface area contributed by atoms with Crippen molar-refractivity contribution in [1.29, 1.82) is 0 Å². The molecule has 1 atom stereocenters. The number of rotatable bonds is 20. The predicted octanol–water partition coefficient (Wildman–Crippen LogP) is -4.79. The van der Waals surface area contributed by atoms with Crippen LogP contribution in [-0.2, 0) is 39.8 Å². The average Bonchev–Trinajstić information content (AvgIpc) is 2.98. The van der Waals surface area contributed by atoms with Gasteiger partial charge in [0.2, 0.25) is 0 Å². The normalized spacial score (nSPS) is 17.6. The molecule has 1 radical (unpaired) electrons. The quantitative estimate of drug-likeness (QED) is 0.123. The zero-order valence-electron chi connectivity index (χ0n) is 26.7. The van der Waals surface area contributed by atoms with E-state index in [1.165, 1.54) is 0 Å². The second kappa shape index (κ2) is 25.0. The summed E-state index contributed by atoms with van der Waals surface area (Å²) >= 11 is 0. The molecule has 0 saturated carbocycles. The number of carbonyl (C=O) groups is 4. The minimum Gasteiger partial charge on any atom is -0.549 e. The third kappa shape index (κ3) is 20.1. The molecule has 17 heteroatoms. The van der Waals surface area contributed by atoms with Crippen molar-refractivity contribution in [3.63, 3.8) is 0 Å². The molecule has 16 nitrogen and oxygen atoms in total. The number of aliphatic carboxylic acids is 4. The molecule has 0 amide bonds. The van der Waals surface area contributed by atoms with Gasteiger partial charge in [0.15, 0.2) is 0 Å². The summed E-state index contributed by atoms with van der Waals surface area (Å²) in [5, 5.41) is 44.2. The molecule has 1 aromatic carbocycles. The van der Waals surface area contributed by atoms with Gasteiger partial charge in [-0.3, -0.25) is 24.4 Å². The Morgan fingerprint density at radius 1 is 0.702 bits per heavy atom. The number of benzene rings is 1. The topological polar surface area (TPSA) is 208 Å². The van der Waals surface area contributed by atoms with Crippen molar-refractivity contribution in [1.82, 2.24) is 19.6 Å². The number of methoxy groups -OCH3 is 1. The molecular formula is C30H45GdN4O12. The molecule has 1 aromatic rings. The van der Waals surface area contributed by atoms with Crippen LogP contribution in [0, 0.1) is 39.9 Å². The number of carboxylic acid groups (broad SMARTS) is 4. The van der Waals surface area contributed by atoms with Crippen LogP contribution in [-0.4, -0.2) is 173 Å². The molecule has 1 saturated heterocycles. The van der Waals surface area contributed by atoms with Gasteiger partial charge in [-0.15, -0.1) is 0 Å². The molecule has 1 N–H and O–H groups in total. The summed E-state index contributed by atoms with van der Waals surface area (Å²) in [7, 11) is 1.60. The minimum atomic E-state index is -1.33. The van der Waals surface area contributed by atoms with Crippen molar-refractivity contribution in [2.45, 2.75) is 12.5 Å².